The van der Waals surface area contributed by atoms with Gasteiger partial charge in [0, 0.05) is 37.5 Å². The Hall–Kier alpha value is -0.390. The van der Waals surface area contributed by atoms with E-state index in [0.717, 1.165) is 10.1 Å². The van der Waals surface area contributed by atoms with E-state index >= 15 is 0 Å². The molecule has 1 aliphatic rings. The van der Waals surface area contributed by atoms with Crippen molar-refractivity contribution < 1.29 is 19.0 Å². The zero-order valence-corrected chi connectivity index (χ0v) is 12.5. The summed E-state index contributed by atoms with van der Waals surface area (Å²) in [6.45, 7) is 5.48. The minimum absolute atomic E-state index is 0.183. The molecule has 1 rings (SSSR count). The molecule has 1 aliphatic carbocycles. The first-order chi connectivity index (χ1) is 7.84. The Labute approximate surface area is 110 Å². The summed E-state index contributed by atoms with van der Waals surface area (Å²) < 4.78 is 16.8. The summed E-state index contributed by atoms with van der Waals surface area (Å²) in [4.78, 5) is 11.1. The molecule has 5 heteroatoms. The maximum atomic E-state index is 11.1. The second kappa shape index (κ2) is 5.50. The fourth-order valence-corrected chi connectivity index (χ4v) is 2.67. The van der Waals surface area contributed by atoms with Crippen LogP contribution in [-0.4, -0.2) is 32.6 Å². The summed E-state index contributed by atoms with van der Waals surface area (Å²) in [6.07, 6.45) is 0.0425. The van der Waals surface area contributed by atoms with Crippen LogP contribution in [0.3, 0.4) is 0 Å². The second-order valence-electron chi connectivity index (χ2n) is 4.67. The first-order valence-electron chi connectivity index (χ1n) is 5.46. The Kier molecular flexibility index (Phi) is 4.75. The van der Waals surface area contributed by atoms with Crippen molar-refractivity contribution in [3.05, 3.63) is 10.1 Å². The highest BCUT2D eigenvalue weighted by atomic mass is 79.9. The van der Waals surface area contributed by atoms with Gasteiger partial charge in [-0.05, 0) is 5.57 Å². The van der Waals surface area contributed by atoms with Crippen LogP contribution in [0.25, 0.3) is 0 Å². The Morgan fingerprint density at radius 3 is 2.35 bits per heavy atom. The van der Waals surface area contributed by atoms with E-state index in [4.69, 9.17) is 14.2 Å². The van der Waals surface area contributed by atoms with Crippen molar-refractivity contribution >= 4 is 21.9 Å². The zero-order valence-electron chi connectivity index (χ0n) is 10.9. The van der Waals surface area contributed by atoms with Crippen molar-refractivity contribution in [2.24, 2.45) is 5.41 Å². The Balaban J connectivity index is 2.95. The lowest BCUT2D eigenvalue weighted by atomic mass is 9.90. The Morgan fingerprint density at radius 1 is 1.41 bits per heavy atom. The molecule has 0 aromatic rings. The first-order valence-corrected chi connectivity index (χ1v) is 6.25. The van der Waals surface area contributed by atoms with Crippen LogP contribution in [0.4, 0.5) is 0 Å². The number of esters is 1. The lowest BCUT2D eigenvalue weighted by Gasteiger charge is -2.27. The summed E-state index contributed by atoms with van der Waals surface area (Å²) in [5, 5.41) is 0. The van der Waals surface area contributed by atoms with Gasteiger partial charge in [-0.3, -0.25) is 4.79 Å². The fraction of sp³-hybridized carbons (Fsp3) is 0.750. The third-order valence-corrected chi connectivity index (χ3v) is 4.61. The summed E-state index contributed by atoms with van der Waals surface area (Å²) >= 11 is 3.57. The standard InChI is InChI=1S/C12H19BrO4/c1-7(14)17-9-6-8(11(15-4)16-5)10(13)12(9,2)3/h9,11H,6H2,1-5H3/t9-/m0/s1. The highest BCUT2D eigenvalue weighted by Gasteiger charge is 2.44. The van der Waals surface area contributed by atoms with Crippen LogP contribution in [0.15, 0.2) is 10.1 Å². The van der Waals surface area contributed by atoms with Crippen LogP contribution in [0, 0.1) is 5.41 Å². The van der Waals surface area contributed by atoms with Crippen LogP contribution in [0.2, 0.25) is 0 Å². The highest BCUT2D eigenvalue weighted by molar-refractivity contribution is 9.11. The average molecular weight is 307 g/mol. The van der Waals surface area contributed by atoms with Gasteiger partial charge in [0.1, 0.15) is 6.10 Å². The molecule has 0 aliphatic heterocycles. The maximum absolute atomic E-state index is 11.1. The van der Waals surface area contributed by atoms with Gasteiger partial charge in [0.15, 0.2) is 6.29 Å². The van der Waals surface area contributed by atoms with E-state index in [1.54, 1.807) is 14.2 Å². The molecule has 0 N–H and O–H groups in total. The molecule has 0 saturated carbocycles. The van der Waals surface area contributed by atoms with Crippen LogP contribution in [0.1, 0.15) is 27.2 Å². The molecule has 0 bridgehead atoms. The smallest absolute Gasteiger partial charge is 0.302 e. The number of halogens is 1. The number of methoxy groups -OCH3 is 2. The normalized spacial score (nSPS) is 23.4. The molecule has 0 aromatic heterocycles. The predicted molar refractivity (Wildman–Crippen MR) is 67.7 cm³/mol. The molecule has 0 fully saturated rings. The number of hydrogen-bond donors (Lipinski definition) is 0. The summed E-state index contributed by atoms with van der Waals surface area (Å²) in [5.41, 5.74) is 0.738. The third kappa shape index (κ3) is 2.89. The lowest BCUT2D eigenvalue weighted by molar-refractivity contribution is -0.150. The summed E-state index contributed by atoms with van der Waals surface area (Å²) in [7, 11) is 3.18. The molecule has 0 spiro atoms. The van der Waals surface area contributed by atoms with E-state index in [1.165, 1.54) is 6.92 Å². The van der Waals surface area contributed by atoms with Gasteiger partial charge in [0.05, 0.1) is 0 Å². The Bertz CT molecular complexity index is 331. The molecule has 17 heavy (non-hydrogen) atoms. The van der Waals surface area contributed by atoms with Crippen LogP contribution < -0.4 is 0 Å². The molecule has 1 atom stereocenters. The van der Waals surface area contributed by atoms with Crippen molar-refractivity contribution in [2.45, 2.75) is 39.6 Å². The molecule has 0 saturated heterocycles. The maximum Gasteiger partial charge on any atom is 0.302 e. The van der Waals surface area contributed by atoms with E-state index in [2.05, 4.69) is 15.9 Å². The van der Waals surface area contributed by atoms with E-state index in [1.807, 2.05) is 13.8 Å². The second-order valence-corrected chi connectivity index (χ2v) is 5.46. The highest BCUT2D eigenvalue weighted by Crippen LogP contribution is 2.48. The van der Waals surface area contributed by atoms with Gasteiger partial charge in [-0.2, -0.15) is 0 Å². The topological polar surface area (TPSA) is 44.8 Å². The molecular formula is C12H19BrO4. The van der Waals surface area contributed by atoms with Crippen LogP contribution in [0.5, 0.6) is 0 Å². The predicted octanol–water partition coefficient (Wildman–Crippen LogP) is 2.62. The van der Waals surface area contributed by atoms with E-state index in [9.17, 15) is 4.79 Å². The Morgan fingerprint density at radius 2 is 1.94 bits per heavy atom. The number of rotatable bonds is 4. The quantitative estimate of drug-likeness (QED) is 0.591. The molecule has 0 aromatic carbocycles. The van der Waals surface area contributed by atoms with Gasteiger partial charge in [-0.25, -0.2) is 0 Å². The molecule has 98 valence electrons. The van der Waals surface area contributed by atoms with Gasteiger partial charge >= 0.3 is 5.97 Å². The SMILES string of the molecule is COC(OC)C1=C(Br)C(C)(C)[C@@H](OC(C)=O)C1. The van der Waals surface area contributed by atoms with Gasteiger partial charge in [0.2, 0.25) is 0 Å². The van der Waals surface area contributed by atoms with E-state index < -0.39 is 6.29 Å². The monoisotopic (exact) mass is 306 g/mol. The van der Waals surface area contributed by atoms with Crippen molar-refractivity contribution in [3.8, 4) is 0 Å². The van der Waals surface area contributed by atoms with Crippen molar-refractivity contribution in [1.82, 2.24) is 0 Å². The van der Waals surface area contributed by atoms with Gasteiger partial charge < -0.3 is 14.2 Å². The van der Waals surface area contributed by atoms with Gasteiger partial charge in [0.25, 0.3) is 0 Å². The fourth-order valence-electron chi connectivity index (χ4n) is 2.07. The first kappa shape index (κ1) is 14.7. The van der Waals surface area contributed by atoms with Crippen molar-refractivity contribution in [2.75, 3.05) is 14.2 Å². The summed E-state index contributed by atoms with van der Waals surface area (Å²) in [6, 6.07) is 0. The number of carbonyl (C=O) groups excluding carboxylic acids is 1. The molecular weight excluding hydrogens is 288 g/mol. The zero-order chi connectivity index (χ0) is 13.2. The van der Waals surface area contributed by atoms with E-state index in [-0.39, 0.29) is 17.5 Å². The van der Waals surface area contributed by atoms with Crippen LogP contribution in [-0.2, 0) is 19.0 Å². The minimum atomic E-state index is -0.399. The van der Waals surface area contributed by atoms with Crippen molar-refractivity contribution in [3.63, 3.8) is 0 Å². The largest absolute Gasteiger partial charge is 0.461 e. The lowest BCUT2D eigenvalue weighted by Crippen LogP contribution is -2.29. The van der Waals surface area contributed by atoms with Crippen LogP contribution >= 0.6 is 15.9 Å². The molecule has 0 heterocycles. The number of carbonyl (C=O) groups is 1. The third-order valence-electron chi connectivity index (χ3n) is 3.08. The molecule has 0 amide bonds. The average Bonchev–Trinajstić information content (AvgIpc) is 2.44. The molecule has 4 nitrogen and oxygen atoms in total. The number of hydrogen-bond acceptors (Lipinski definition) is 4. The minimum Gasteiger partial charge on any atom is -0.461 e. The van der Waals surface area contributed by atoms with Gasteiger partial charge in [-0.1, -0.05) is 29.8 Å². The number of ether oxygens (including phenoxy) is 3. The summed E-state index contributed by atoms with van der Waals surface area (Å²) in [5.74, 6) is -0.268. The van der Waals surface area contributed by atoms with Crippen molar-refractivity contribution in [1.29, 1.82) is 0 Å². The van der Waals surface area contributed by atoms with Gasteiger partial charge in [-0.15, -0.1) is 0 Å². The van der Waals surface area contributed by atoms with E-state index in [0.29, 0.717) is 6.42 Å². The molecule has 0 radical (unpaired) electrons. The molecule has 0 unspecified atom stereocenters.